The first-order valence-electron chi connectivity index (χ1n) is 6.10. The molecule has 0 aromatic carbocycles. The first kappa shape index (κ1) is 13.5. The van der Waals surface area contributed by atoms with E-state index in [1.54, 1.807) is 4.90 Å². The van der Waals surface area contributed by atoms with E-state index in [0.717, 1.165) is 6.20 Å². The molecule has 5 nitrogen and oxygen atoms in total. The van der Waals surface area contributed by atoms with Crippen LogP contribution in [0.4, 0.5) is 4.39 Å². The molecule has 0 bridgehead atoms. The normalized spacial score (nSPS) is 16.2. The number of pyridine rings is 1. The van der Waals surface area contributed by atoms with Gasteiger partial charge in [-0.25, -0.2) is 9.37 Å². The molecule has 1 fully saturated rings. The van der Waals surface area contributed by atoms with E-state index in [4.69, 9.17) is 0 Å². The maximum absolute atomic E-state index is 12.7. The topological polar surface area (TPSA) is 59.5 Å². The fourth-order valence-electron chi connectivity index (χ4n) is 2.15. The number of hydrogen-bond donors (Lipinski definition) is 0. The highest BCUT2D eigenvalue weighted by molar-refractivity contribution is 5.92. The summed E-state index contributed by atoms with van der Waals surface area (Å²) in [6.07, 6.45) is 2.19. The Morgan fingerprint density at radius 2 is 2.05 bits per heavy atom. The first-order chi connectivity index (χ1) is 9.11. The number of nitrogens with zero attached hydrogens (tertiary/aromatic N) is 2. The third-order valence-corrected chi connectivity index (χ3v) is 3.26. The molecule has 1 aromatic heterocycles. The van der Waals surface area contributed by atoms with Crippen molar-refractivity contribution < 1.29 is 18.7 Å². The number of carbonyl (C=O) groups excluding carboxylic acids is 2. The maximum atomic E-state index is 12.7. The number of likely N-dealkylation sites (tertiary alicyclic amines) is 1. The van der Waals surface area contributed by atoms with Crippen molar-refractivity contribution in [2.75, 3.05) is 20.2 Å². The van der Waals surface area contributed by atoms with Gasteiger partial charge in [0.15, 0.2) is 0 Å². The molecule has 19 heavy (non-hydrogen) atoms. The number of ether oxygens (including phenoxy) is 1. The molecule has 1 aliphatic heterocycles. The van der Waals surface area contributed by atoms with E-state index in [1.807, 2.05) is 0 Å². The maximum Gasteiger partial charge on any atom is 0.308 e. The average Bonchev–Trinajstić information content (AvgIpc) is 2.46. The Bertz CT molecular complexity index is 467. The summed E-state index contributed by atoms with van der Waals surface area (Å²) < 4.78 is 17.4. The summed E-state index contributed by atoms with van der Waals surface area (Å²) in [4.78, 5) is 28.8. The third-order valence-electron chi connectivity index (χ3n) is 3.26. The zero-order valence-electron chi connectivity index (χ0n) is 10.6. The van der Waals surface area contributed by atoms with Gasteiger partial charge < -0.3 is 9.64 Å². The Hall–Kier alpha value is -1.98. The average molecular weight is 266 g/mol. The van der Waals surface area contributed by atoms with Crippen LogP contribution in [0.25, 0.3) is 0 Å². The molecule has 0 radical (unpaired) electrons. The summed E-state index contributed by atoms with van der Waals surface area (Å²) in [5.41, 5.74) is 0.220. The Labute approximate surface area is 110 Å². The molecule has 0 N–H and O–H groups in total. The molecule has 1 amide bonds. The molecule has 6 heteroatoms. The molecular weight excluding hydrogens is 251 g/mol. The SMILES string of the molecule is COC(=O)C1CCN(C(=O)c2ccc(F)cn2)CC1. The van der Waals surface area contributed by atoms with Crippen molar-refractivity contribution >= 4 is 11.9 Å². The van der Waals surface area contributed by atoms with Crippen LogP contribution in [0, 0.1) is 11.7 Å². The van der Waals surface area contributed by atoms with Gasteiger partial charge in [0.2, 0.25) is 0 Å². The van der Waals surface area contributed by atoms with Crippen LogP contribution in [-0.4, -0.2) is 42.0 Å². The van der Waals surface area contributed by atoms with Gasteiger partial charge in [0, 0.05) is 13.1 Å². The minimum atomic E-state index is -0.471. The van der Waals surface area contributed by atoms with Crippen molar-refractivity contribution in [3.05, 3.63) is 29.8 Å². The van der Waals surface area contributed by atoms with Crippen LogP contribution in [-0.2, 0) is 9.53 Å². The van der Waals surface area contributed by atoms with Gasteiger partial charge in [0.25, 0.3) is 5.91 Å². The standard InChI is InChI=1S/C13H15FN2O3/c1-19-13(18)9-4-6-16(7-5-9)12(17)11-3-2-10(14)8-15-11/h2-3,8-9H,4-7H2,1H3. The number of aromatic nitrogens is 1. The van der Waals surface area contributed by atoms with Crippen molar-refractivity contribution in [2.24, 2.45) is 5.92 Å². The van der Waals surface area contributed by atoms with Crippen LogP contribution in [0.1, 0.15) is 23.3 Å². The smallest absolute Gasteiger partial charge is 0.308 e. The number of amides is 1. The largest absolute Gasteiger partial charge is 0.469 e. The van der Waals surface area contributed by atoms with E-state index in [2.05, 4.69) is 9.72 Å². The number of methoxy groups -OCH3 is 1. The quantitative estimate of drug-likeness (QED) is 0.756. The van der Waals surface area contributed by atoms with Gasteiger partial charge in [0.1, 0.15) is 11.5 Å². The third kappa shape index (κ3) is 3.07. The molecule has 0 atom stereocenters. The Balaban J connectivity index is 1.96. The van der Waals surface area contributed by atoms with E-state index in [-0.39, 0.29) is 23.5 Å². The number of piperidine rings is 1. The van der Waals surface area contributed by atoms with E-state index >= 15 is 0 Å². The lowest BCUT2D eigenvalue weighted by Crippen LogP contribution is -2.40. The summed E-state index contributed by atoms with van der Waals surface area (Å²) in [5, 5.41) is 0. The van der Waals surface area contributed by atoms with Gasteiger partial charge in [-0.15, -0.1) is 0 Å². The molecule has 102 valence electrons. The van der Waals surface area contributed by atoms with Crippen LogP contribution in [0.3, 0.4) is 0 Å². The Kier molecular flexibility index (Phi) is 4.09. The molecule has 0 unspecified atom stereocenters. The zero-order valence-corrected chi connectivity index (χ0v) is 10.6. The van der Waals surface area contributed by atoms with Crippen molar-refractivity contribution in [1.82, 2.24) is 9.88 Å². The minimum Gasteiger partial charge on any atom is -0.469 e. The van der Waals surface area contributed by atoms with Crippen molar-refractivity contribution in [3.8, 4) is 0 Å². The number of halogens is 1. The number of esters is 1. The van der Waals surface area contributed by atoms with Crippen molar-refractivity contribution in [2.45, 2.75) is 12.8 Å². The molecule has 0 aliphatic carbocycles. The van der Waals surface area contributed by atoms with Gasteiger partial charge in [-0.2, -0.15) is 0 Å². The Morgan fingerprint density at radius 1 is 1.37 bits per heavy atom. The van der Waals surface area contributed by atoms with Crippen molar-refractivity contribution in [3.63, 3.8) is 0 Å². The summed E-state index contributed by atoms with van der Waals surface area (Å²) in [7, 11) is 1.36. The summed E-state index contributed by atoms with van der Waals surface area (Å²) >= 11 is 0. The number of carbonyl (C=O) groups is 2. The predicted molar refractivity (Wildman–Crippen MR) is 64.8 cm³/mol. The predicted octanol–water partition coefficient (Wildman–Crippen LogP) is 1.25. The second-order valence-electron chi connectivity index (χ2n) is 4.45. The second-order valence-corrected chi connectivity index (χ2v) is 4.45. The van der Waals surface area contributed by atoms with E-state index in [9.17, 15) is 14.0 Å². The van der Waals surface area contributed by atoms with Gasteiger partial charge in [-0.05, 0) is 25.0 Å². The second kappa shape index (κ2) is 5.77. The highest BCUT2D eigenvalue weighted by atomic mass is 19.1. The molecule has 1 aromatic rings. The molecule has 0 saturated carbocycles. The lowest BCUT2D eigenvalue weighted by atomic mass is 9.97. The highest BCUT2D eigenvalue weighted by Crippen LogP contribution is 2.19. The molecule has 2 heterocycles. The summed E-state index contributed by atoms with van der Waals surface area (Å²) in [6.45, 7) is 0.968. The van der Waals surface area contributed by atoms with Gasteiger partial charge >= 0.3 is 5.97 Å². The minimum absolute atomic E-state index is 0.143. The van der Waals surface area contributed by atoms with Crippen LogP contribution in [0.2, 0.25) is 0 Å². The van der Waals surface area contributed by atoms with Gasteiger partial charge in [-0.3, -0.25) is 9.59 Å². The highest BCUT2D eigenvalue weighted by Gasteiger charge is 2.28. The monoisotopic (exact) mass is 266 g/mol. The molecule has 2 rings (SSSR count). The van der Waals surface area contributed by atoms with Crippen molar-refractivity contribution in [1.29, 1.82) is 0 Å². The molecule has 0 spiro atoms. The molecular formula is C13H15FN2O3. The lowest BCUT2D eigenvalue weighted by molar-refractivity contribution is -0.146. The van der Waals surface area contributed by atoms with Crippen LogP contribution < -0.4 is 0 Å². The van der Waals surface area contributed by atoms with E-state index < -0.39 is 5.82 Å². The zero-order chi connectivity index (χ0) is 13.8. The van der Waals surface area contributed by atoms with Gasteiger partial charge in [-0.1, -0.05) is 0 Å². The summed E-state index contributed by atoms with van der Waals surface area (Å²) in [5.74, 6) is -1.08. The number of hydrogen-bond acceptors (Lipinski definition) is 4. The fourth-order valence-corrected chi connectivity index (χ4v) is 2.15. The van der Waals surface area contributed by atoms with E-state index in [1.165, 1.54) is 19.2 Å². The van der Waals surface area contributed by atoms with Crippen LogP contribution >= 0.6 is 0 Å². The fraction of sp³-hybridized carbons (Fsp3) is 0.462. The first-order valence-corrected chi connectivity index (χ1v) is 6.10. The number of rotatable bonds is 2. The van der Waals surface area contributed by atoms with Gasteiger partial charge in [0.05, 0.1) is 19.2 Å². The van der Waals surface area contributed by atoms with Crippen LogP contribution in [0.5, 0.6) is 0 Å². The lowest BCUT2D eigenvalue weighted by Gasteiger charge is -2.30. The molecule has 1 saturated heterocycles. The Morgan fingerprint density at radius 3 is 2.58 bits per heavy atom. The van der Waals surface area contributed by atoms with Crippen LogP contribution in [0.15, 0.2) is 18.3 Å². The summed E-state index contributed by atoms with van der Waals surface area (Å²) in [6, 6.07) is 2.57. The van der Waals surface area contributed by atoms with E-state index in [0.29, 0.717) is 25.9 Å². The molecule has 1 aliphatic rings.